The van der Waals surface area contributed by atoms with Crippen LogP contribution in [-0.2, 0) is 11.3 Å². The maximum Gasteiger partial charge on any atom is 0.271 e. The third-order valence-corrected chi connectivity index (χ3v) is 5.26. The number of hydrogen-bond acceptors (Lipinski definition) is 7. The van der Waals surface area contributed by atoms with E-state index >= 15 is 0 Å². The molecular weight excluding hydrogens is 399 g/mol. The van der Waals surface area contributed by atoms with Gasteiger partial charge in [0.25, 0.3) is 5.69 Å². The Morgan fingerprint density at radius 2 is 2.00 bits per heavy atom. The van der Waals surface area contributed by atoms with Crippen molar-refractivity contribution < 1.29 is 14.1 Å². The van der Waals surface area contributed by atoms with E-state index in [0.717, 1.165) is 5.69 Å². The van der Waals surface area contributed by atoms with Gasteiger partial charge in [0.05, 0.1) is 10.7 Å². The molecule has 0 fully saturated rings. The van der Waals surface area contributed by atoms with E-state index in [1.165, 1.54) is 42.1 Å². The average Bonchev–Trinajstić information content (AvgIpc) is 3.30. The van der Waals surface area contributed by atoms with Crippen molar-refractivity contribution in [1.82, 2.24) is 14.8 Å². The maximum atomic E-state index is 13.1. The van der Waals surface area contributed by atoms with Crippen LogP contribution in [-0.4, -0.2) is 37.9 Å². The molecule has 2 heterocycles. The van der Waals surface area contributed by atoms with Crippen molar-refractivity contribution in [2.75, 3.05) is 22.5 Å². The summed E-state index contributed by atoms with van der Waals surface area (Å²) in [7, 11) is 0. The van der Waals surface area contributed by atoms with Gasteiger partial charge < -0.3 is 10.2 Å². The average molecular weight is 414 g/mol. The highest BCUT2D eigenvalue weighted by Gasteiger charge is 2.26. The molecule has 1 aromatic heterocycles. The van der Waals surface area contributed by atoms with E-state index in [1.807, 2.05) is 9.47 Å². The summed E-state index contributed by atoms with van der Waals surface area (Å²) in [6, 6.07) is 11.9. The molecule has 3 aromatic rings. The van der Waals surface area contributed by atoms with Crippen molar-refractivity contribution in [3.63, 3.8) is 0 Å². The van der Waals surface area contributed by atoms with Crippen LogP contribution in [0.1, 0.15) is 0 Å². The molecule has 0 unspecified atom stereocenters. The number of non-ortho nitro benzene ring substituents is 1. The first kappa shape index (κ1) is 18.9. The minimum Gasteiger partial charge on any atom is -0.325 e. The molecule has 2 aromatic carbocycles. The number of carbonyl (C=O) groups is 1. The standard InChI is InChI=1S/C18H15FN6O3S/c19-12-4-6-14(7-5-12)23-8-9-24-17(23)21-22-18(24)29-11-16(26)20-13-2-1-3-15(10-13)25(27)28/h1-7,10H,8-9,11H2,(H,20,26). The number of nitro groups is 1. The molecule has 0 radical (unpaired) electrons. The van der Waals surface area contributed by atoms with Crippen LogP contribution in [0.2, 0.25) is 0 Å². The third-order valence-electron chi connectivity index (χ3n) is 4.30. The molecule has 1 aliphatic rings. The molecule has 4 rings (SSSR count). The van der Waals surface area contributed by atoms with Gasteiger partial charge in [-0.2, -0.15) is 0 Å². The first-order valence-electron chi connectivity index (χ1n) is 8.65. The number of thioether (sulfide) groups is 1. The lowest BCUT2D eigenvalue weighted by molar-refractivity contribution is -0.384. The minimum atomic E-state index is -0.517. The predicted octanol–water partition coefficient (Wildman–Crippen LogP) is 3.21. The predicted molar refractivity (Wildman–Crippen MR) is 106 cm³/mol. The highest BCUT2D eigenvalue weighted by Crippen LogP contribution is 2.32. The molecule has 0 bridgehead atoms. The van der Waals surface area contributed by atoms with Crippen LogP contribution in [0.4, 0.5) is 27.4 Å². The molecule has 0 spiro atoms. The molecule has 11 heteroatoms. The molecule has 148 valence electrons. The highest BCUT2D eigenvalue weighted by atomic mass is 32.2. The summed E-state index contributed by atoms with van der Waals surface area (Å²) in [4.78, 5) is 24.4. The lowest BCUT2D eigenvalue weighted by Gasteiger charge is -2.14. The fourth-order valence-electron chi connectivity index (χ4n) is 2.97. The lowest BCUT2D eigenvalue weighted by atomic mass is 10.3. The molecule has 29 heavy (non-hydrogen) atoms. The van der Waals surface area contributed by atoms with Gasteiger partial charge in [-0.1, -0.05) is 17.8 Å². The van der Waals surface area contributed by atoms with Crippen molar-refractivity contribution in [1.29, 1.82) is 0 Å². The molecule has 0 saturated heterocycles. The summed E-state index contributed by atoms with van der Waals surface area (Å²) in [5.74, 6) is 0.108. The summed E-state index contributed by atoms with van der Waals surface area (Å²) in [5, 5.41) is 22.4. The zero-order valence-electron chi connectivity index (χ0n) is 15.0. The summed E-state index contributed by atoms with van der Waals surface area (Å²) in [6.07, 6.45) is 0. The van der Waals surface area contributed by atoms with Crippen LogP contribution in [0.15, 0.2) is 53.7 Å². The quantitative estimate of drug-likeness (QED) is 0.375. The number of rotatable bonds is 6. The van der Waals surface area contributed by atoms with E-state index in [0.29, 0.717) is 29.9 Å². The normalized spacial score (nSPS) is 12.7. The molecule has 0 atom stereocenters. The number of amides is 1. The molecule has 0 saturated carbocycles. The van der Waals surface area contributed by atoms with Gasteiger partial charge in [-0.15, -0.1) is 10.2 Å². The second-order valence-electron chi connectivity index (χ2n) is 6.21. The fourth-order valence-corrected chi connectivity index (χ4v) is 3.73. The minimum absolute atomic E-state index is 0.0807. The van der Waals surface area contributed by atoms with Gasteiger partial charge in [0.15, 0.2) is 5.16 Å². The Morgan fingerprint density at radius 1 is 1.21 bits per heavy atom. The molecule has 1 amide bonds. The Bertz CT molecular complexity index is 1070. The summed E-state index contributed by atoms with van der Waals surface area (Å²) in [6.45, 7) is 1.32. The van der Waals surface area contributed by atoms with E-state index in [1.54, 1.807) is 18.2 Å². The first-order chi connectivity index (χ1) is 14.0. The number of hydrogen-bond donors (Lipinski definition) is 1. The zero-order chi connectivity index (χ0) is 20.4. The number of benzene rings is 2. The van der Waals surface area contributed by atoms with Gasteiger partial charge in [0, 0.05) is 36.6 Å². The SMILES string of the molecule is O=C(CSc1nnc2n1CCN2c1ccc(F)cc1)Nc1cccc([N+](=O)[O-])c1. The lowest BCUT2D eigenvalue weighted by Crippen LogP contribution is -2.15. The highest BCUT2D eigenvalue weighted by molar-refractivity contribution is 7.99. The topological polar surface area (TPSA) is 106 Å². The number of anilines is 3. The van der Waals surface area contributed by atoms with Crippen LogP contribution in [0, 0.1) is 15.9 Å². The number of carbonyl (C=O) groups excluding carboxylic acids is 1. The Morgan fingerprint density at radius 3 is 2.76 bits per heavy atom. The first-order valence-corrected chi connectivity index (χ1v) is 9.63. The maximum absolute atomic E-state index is 13.1. The largest absolute Gasteiger partial charge is 0.325 e. The van der Waals surface area contributed by atoms with Gasteiger partial charge in [0.2, 0.25) is 11.9 Å². The molecule has 9 nitrogen and oxygen atoms in total. The van der Waals surface area contributed by atoms with E-state index < -0.39 is 4.92 Å². The molecule has 1 N–H and O–H groups in total. The van der Waals surface area contributed by atoms with E-state index in [2.05, 4.69) is 15.5 Å². The van der Waals surface area contributed by atoms with Crippen molar-refractivity contribution in [2.45, 2.75) is 11.7 Å². The number of nitrogens with one attached hydrogen (secondary N) is 1. The van der Waals surface area contributed by atoms with Crippen molar-refractivity contribution in [3.8, 4) is 0 Å². The Kier molecular flexibility index (Phi) is 5.12. The van der Waals surface area contributed by atoms with Gasteiger partial charge in [-0.25, -0.2) is 4.39 Å². The van der Waals surface area contributed by atoms with Crippen molar-refractivity contribution >= 4 is 40.7 Å². The molecular formula is C18H15FN6O3S. The van der Waals surface area contributed by atoms with Gasteiger partial charge in [-0.05, 0) is 30.3 Å². The number of fused-ring (bicyclic) bond motifs is 1. The second kappa shape index (κ2) is 7.87. The van der Waals surface area contributed by atoms with Gasteiger partial charge in [0.1, 0.15) is 5.82 Å². The third kappa shape index (κ3) is 4.04. The van der Waals surface area contributed by atoms with Crippen LogP contribution in [0.5, 0.6) is 0 Å². The van der Waals surface area contributed by atoms with Crippen LogP contribution in [0.25, 0.3) is 0 Å². The van der Waals surface area contributed by atoms with Gasteiger partial charge in [-0.3, -0.25) is 19.5 Å². The van der Waals surface area contributed by atoms with Crippen LogP contribution in [0.3, 0.4) is 0 Å². The summed E-state index contributed by atoms with van der Waals surface area (Å²) < 4.78 is 15.0. The number of halogens is 1. The Hall–Kier alpha value is -3.47. The van der Waals surface area contributed by atoms with Crippen molar-refractivity contribution in [2.24, 2.45) is 0 Å². The van der Waals surface area contributed by atoms with E-state index in [-0.39, 0.29) is 23.2 Å². The van der Waals surface area contributed by atoms with E-state index in [4.69, 9.17) is 0 Å². The summed E-state index contributed by atoms with van der Waals surface area (Å²) in [5.41, 5.74) is 1.09. The smallest absolute Gasteiger partial charge is 0.271 e. The molecule has 1 aliphatic heterocycles. The zero-order valence-corrected chi connectivity index (χ0v) is 15.8. The number of aromatic nitrogens is 3. The van der Waals surface area contributed by atoms with Crippen LogP contribution >= 0.6 is 11.8 Å². The molecule has 0 aliphatic carbocycles. The second-order valence-corrected chi connectivity index (χ2v) is 7.15. The summed E-state index contributed by atoms with van der Waals surface area (Å²) >= 11 is 1.23. The fraction of sp³-hybridized carbons (Fsp3) is 0.167. The Labute approximate surface area is 168 Å². The van der Waals surface area contributed by atoms with Crippen molar-refractivity contribution in [3.05, 3.63) is 64.5 Å². The van der Waals surface area contributed by atoms with E-state index in [9.17, 15) is 19.3 Å². The van der Waals surface area contributed by atoms with Crippen LogP contribution < -0.4 is 10.2 Å². The number of nitrogens with zero attached hydrogens (tertiary/aromatic N) is 5. The van der Waals surface area contributed by atoms with Gasteiger partial charge >= 0.3 is 0 Å². The monoisotopic (exact) mass is 414 g/mol. The Balaban J connectivity index is 1.40. The number of nitro benzene ring substituents is 1.